The summed E-state index contributed by atoms with van der Waals surface area (Å²) in [6, 6.07) is 6.15. The van der Waals surface area contributed by atoms with Crippen LogP contribution in [0.4, 0.5) is 19.3 Å². The zero-order valence-electron chi connectivity index (χ0n) is 18.1. The number of hydrogen-bond acceptors (Lipinski definition) is 7. The van der Waals surface area contributed by atoms with E-state index in [1.165, 1.54) is 29.5 Å². The fraction of sp³-hybridized carbons (Fsp3) is 0.227. The highest BCUT2D eigenvalue weighted by Crippen LogP contribution is 2.33. The number of methoxy groups -OCH3 is 1. The molecule has 4 heterocycles. The van der Waals surface area contributed by atoms with E-state index in [0.29, 0.717) is 18.7 Å². The second-order valence-electron chi connectivity index (χ2n) is 7.77. The minimum atomic E-state index is -0.904. The summed E-state index contributed by atoms with van der Waals surface area (Å²) < 4.78 is 41.5. The van der Waals surface area contributed by atoms with E-state index in [1.807, 2.05) is 0 Å². The van der Waals surface area contributed by atoms with Crippen molar-refractivity contribution in [3.8, 4) is 11.4 Å². The molecule has 0 aliphatic carbocycles. The van der Waals surface area contributed by atoms with Crippen LogP contribution in [0, 0.1) is 18.6 Å². The Kier molecular flexibility index (Phi) is 5.19. The van der Waals surface area contributed by atoms with Crippen LogP contribution in [-0.2, 0) is 4.74 Å². The number of benzene rings is 1. The molecule has 0 atom stereocenters. The molecule has 174 valence electrons. The molecule has 34 heavy (non-hydrogen) atoms. The number of pyridine rings is 1. The SMILES string of the molecule is COC(=O)N1CC(c2nc(-c3cc(F)c(C)c(NC(=O)c4cnc5ccccn45)c3F)no2)C1. The summed E-state index contributed by atoms with van der Waals surface area (Å²) in [5.41, 5.74) is 0.00125. The van der Waals surface area contributed by atoms with Crippen LogP contribution in [0.15, 0.2) is 41.2 Å². The lowest BCUT2D eigenvalue weighted by Crippen LogP contribution is -2.48. The Morgan fingerprint density at radius 3 is 2.82 bits per heavy atom. The van der Waals surface area contributed by atoms with Crippen LogP contribution in [0.2, 0.25) is 0 Å². The Bertz CT molecular complexity index is 1430. The molecular formula is C22H18F2N6O4. The molecule has 0 bridgehead atoms. The summed E-state index contributed by atoms with van der Waals surface area (Å²) in [5.74, 6) is -2.55. The monoisotopic (exact) mass is 468 g/mol. The fourth-order valence-corrected chi connectivity index (χ4v) is 3.73. The average Bonchev–Trinajstić information content (AvgIpc) is 3.45. The van der Waals surface area contributed by atoms with Crippen molar-refractivity contribution in [1.29, 1.82) is 0 Å². The minimum Gasteiger partial charge on any atom is -0.453 e. The Hall–Kier alpha value is -4.35. The zero-order chi connectivity index (χ0) is 24.0. The maximum absolute atomic E-state index is 15.4. The number of halogens is 2. The summed E-state index contributed by atoms with van der Waals surface area (Å²) >= 11 is 0. The quantitative estimate of drug-likeness (QED) is 0.488. The van der Waals surface area contributed by atoms with E-state index in [4.69, 9.17) is 4.52 Å². The lowest BCUT2D eigenvalue weighted by Gasteiger charge is -2.35. The number of carbonyl (C=O) groups excluding carboxylic acids is 2. The maximum atomic E-state index is 15.4. The standard InChI is InChI=1S/C22H18F2N6O4/c1-11-14(23)7-13(19-27-21(34-28-19)12-9-29(10-12)22(32)33-2)17(24)18(11)26-20(31)15-8-25-16-5-3-4-6-30(15)16/h3-8,12H,9-10H2,1-2H3,(H,26,31). The average molecular weight is 468 g/mol. The van der Waals surface area contributed by atoms with Gasteiger partial charge in [-0.15, -0.1) is 0 Å². The molecule has 1 aromatic carbocycles. The molecule has 12 heteroatoms. The molecular weight excluding hydrogens is 450 g/mol. The summed E-state index contributed by atoms with van der Waals surface area (Å²) in [7, 11) is 1.28. The topological polar surface area (TPSA) is 115 Å². The van der Waals surface area contributed by atoms with Crippen LogP contribution in [0.3, 0.4) is 0 Å². The van der Waals surface area contributed by atoms with Gasteiger partial charge in [-0.05, 0) is 25.1 Å². The van der Waals surface area contributed by atoms with Crippen molar-refractivity contribution in [2.75, 3.05) is 25.5 Å². The normalized spacial score (nSPS) is 13.7. The molecule has 1 N–H and O–H groups in total. The number of hydrogen-bond donors (Lipinski definition) is 1. The van der Waals surface area contributed by atoms with Crippen molar-refractivity contribution >= 4 is 23.3 Å². The number of aromatic nitrogens is 4. The number of nitrogens with zero attached hydrogens (tertiary/aromatic N) is 5. The first-order chi connectivity index (χ1) is 16.4. The molecule has 3 aromatic heterocycles. The highest BCUT2D eigenvalue weighted by Gasteiger charge is 2.36. The fourth-order valence-electron chi connectivity index (χ4n) is 3.73. The van der Waals surface area contributed by atoms with Gasteiger partial charge in [-0.25, -0.2) is 18.6 Å². The summed E-state index contributed by atoms with van der Waals surface area (Å²) in [6.07, 6.45) is 2.51. The van der Waals surface area contributed by atoms with Gasteiger partial charge in [0.15, 0.2) is 5.82 Å². The first-order valence-corrected chi connectivity index (χ1v) is 10.3. The van der Waals surface area contributed by atoms with E-state index in [2.05, 4.69) is 25.2 Å². The Morgan fingerprint density at radius 2 is 2.06 bits per heavy atom. The van der Waals surface area contributed by atoms with E-state index in [0.717, 1.165) is 6.07 Å². The smallest absolute Gasteiger partial charge is 0.409 e. The van der Waals surface area contributed by atoms with Crippen molar-refractivity contribution in [2.45, 2.75) is 12.8 Å². The predicted octanol–water partition coefficient (Wildman–Crippen LogP) is 3.39. The van der Waals surface area contributed by atoms with Crippen LogP contribution >= 0.6 is 0 Å². The number of ether oxygens (including phenoxy) is 1. The molecule has 1 fully saturated rings. The zero-order valence-corrected chi connectivity index (χ0v) is 18.1. The number of carbonyl (C=O) groups is 2. The number of fused-ring (bicyclic) bond motifs is 1. The predicted molar refractivity (Wildman–Crippen MR) is 114 cm³/mol. The van der Waals surface area contributed by atoms with Crippen molar-refractivity contribution < 1.29 is 27.6 Å². The van der Waals surface area contributed by atoms with Gasteiger partial charge in [-0.3, -0.25) is 9.20 Å². The van der Waals surface area contributed by atoms with Crippen molar-refractivity contribution in [3.05, 3.63) is 65.4 Å². The van der Waals surface area contributed by atoms with Gasteiger partial charge in [0.1, 0.15) is 17.2 Å². The Morgan fingerprint density at radius 1 is 1.26 bits per heavy atom. The van der Waals surface area contributed by atoms with Crippen LogP contribution in [0.25, 0.3) is 17.0 Å². The van der Waals surface area contributed by atoms with Crippen molar-refractivity contribution in [2.24, 2.45) is 0 Å². The van der Waals surface area contributed by atoms with Gasteiger partial charge in [0.25, 0.3) is 5.91 Å². The molecule has 1 aliphatic heterocycles. The lowest BCUT2D eigenvalue weighted by atomic mass is 10.0. The van der Waals surface area contributed by atoms with E-state index >= 15 is 4.39 Å². The van der Waals surface area contributed by atoms with Crippen molar-refractivity contribution in [1.82, 2.24) is 24.4 Å². The molecule has 4 aromatic rings. The van der Waals surface area contributed by atoms with Crippen LogP contribution < -0.4 is 5.32 Å². The summed E-state index contributed by atoms with van der Waals surface area (Å²) in [6.45, 7) is 1.96. The number of rotatable bonds is 4. The van der Waals surface area contributed by atoms with Crippen molar-refractivity contribution in [3.63, 3.8) is 0 Å². The molecule has 0 radical (unpaired) electrons. The van der Waals surface area contributed by atoms with E-state index in [1.54, 1.807) is 24.4 Å². The number of nitrogens with one attached hydrogen (secondary N) is 1. The van der Waals surface area contributed by atoms with Gasteiger partial charge < -0.3 is 19.5 Å². The molecule has 5 rings (SSSR count). The number of anilines is 1. The van der Waals surface area contributed by atoms with E-state index in [-0.39, 0.29) is 40.1 Å². The number of amides is 2. The molecule has 2 amide bonds. The third-order valence-electron chi connectivity index (χ3n) is 5.69. The summed E-state index contributed by atoms with van der Waals surface area (Å²) in [4.78, 5) is 34.1. The third kappa shape index (κ3) is 3.52. The second-order valence-corrected chi connectivity index (χ2v) is 7.77. The molecule has 10 nitrogen and oxygen atoms in total. The Balaban J connectivity index is 1.43. The van der Waals surface area contributed by atoms with Crippen LogP contribution in [-0.4, -0.2) is 56.6 Å². The highest BCUT2D eigenvalue weighted by molar-refractivity contribution is 6.04. The van der Waals surface area contributed by atoms with Crippen LogP contribution in [0.5, 0.6) is 0 Å². The van der Waals surface area contributed by atoms with Crippen LogP contribution in [0.1, 0.15) is 27.9 Å². The number of likely N-dealkylation sites (tertiary alicyclic amines) is 1. The van der Waals surface area contributed by atoms with Gasteiger partial charge >= 0.3 is 6.09 Å². The van der Waals surface area contributed by atoms with Gasteiger partial charge in [-0.2, -0.15) is 4.98 Å². The molecule has 0 saturated carbocycles. The third-order valence-corrected chi connectivity index (χ3v) is 5.69. The first-order valence-electron chi connectivity index (χ1n) is 10.3. The highest BCUT2D eigenvalue weighted by atomic mass is 19.1. The molecule has 0 spiro atoms. The molecule has 1 aliphatic rings. The Labute approximate surface area is 191 Å². The largest absolute Gasteiger partial charge is 0.453 e. The second kappa shape index (κ2) is 8.21. The summed E-state index contributed by atoms with van der Waals surface area (Å²) in [5, 5.41) is 6.21. The van der Waals surface area contributed by atoms with E-state index < -0.39 is 23.6 Å². The first kappa shape index (κ1) is 21.5. The maximum Gasteiger partial charge on any atom is 0.409 e. The lowest BCUT2D eigenvalue weighted by molar-refractivity contribution is 0.0804. The minimum absolute atomic E-state index is 0.0835. The van der Waals surface area contributed by atoms with Gasteiger partial charge in [0.2, 0.25) is 11.7 Å². The van der Waals surface area contributed by atoms with Gasteiger partial charge in [0.05, 0.1) is 30.5 Å². The van der Waals surface area contributed by atoms with E-state index in [9.17, 15) is 14.0 Å². The van der Waals surface area contributed by atoms with Gasteiger partial charge in [0, 0.05) is 24.8 Å². The molecule has 1 saturated heterocycles. The number of imidazole rings is 1. The van der Waals surface area contributed by atoms with Gasteiger partial charge in [-0.1, -0.05) is 11.2 Å². The molecule has 0 unspecified atom stereocenters.